The van der Waals surface area contributed by atoms with Crippen molar-refractivity contribution in [3.8, 4) is 5.75 Å². The normalized spacial score (nSPS) is 11.2. The van der Waals surface area contributed by atoms with Gasteiger partial charge in [0.25, 0.3) is 0 Å². The Morgan fingerprint density at radius 1 is 0.966 bits per heavy atom. The van der Waals surface area contributed by atoms with Crippen molar-refractivity contribution in [1.29, 1.82) is 0 Å². The minimum atomic E-state index is -3.73. The topological polar surface area (TPSA) is 83.5 Å². The molecular formula is C21H17Cl2NO4S. The fourth-order valence-corrected chi connectivity index (χ4v) is 4.71. The molecular weight excluding hydrogens is 433 g/mol. The average molecular weight is 450 g/mol. The highest BCUT2D eigenvalue weighted by Gasteiger charge is 2.21. The number of aldehydes is 1. The van der Waals surface area contributed by atoms with Crippen molar-refractivity contribution in [2.24, 2.45) is 0 Å². The Labute approximate surface area is 178 Å². The van der Waals surface area contributed by atoms with E-state index in [1.54, 1.807) is 30.3 Å². The van der Waals surface area contributed by atoms with Crippen molar-refractivity contribution in [3.63, 3.8) is 0 Å². The second-order valence-electron chi connectivity index (χ2n) is 6.26. The fourth-order valence-electron chi connectivity index (χ4n) is 2.85. The molecule has 0 saturated carbocycles. The van der Waals surface area contributed by atoms with Crippen LogP contribution in [-0.2, 0) is 27.6 Å². The van der Waals surface area contributed by atoms with Crippen LogP contribution in [0, 0.1) is 0 Å². The van der Waals surface area contributed by atoms with Crippen LogP contribution in [0.2, 0.25) is 10.0 Å². The summed E-state index contributed by atoms with van der Waals surface area (Å²) in [6.07, 6.45) is 0.686. The summed E-state index contributed by atoms with van der Waals surface area (Å²) in [7, 11) is -3.73. The lowest BCUT2D eigenvalue weighted by molar-refractivity contribution is -0.107. The predicted molar refractivity (Wildman–Crippen MR) is 114 cm³/mol. The summed E-state index contributed by atoms with van der Waals surface area (Å²) in [6.45, 7) is 0.199. The molecule has 0 aliphatic carbocycles. The van der Waals surface area contributed by atoms with Crippen molar-refractivity contribution in [2.45, 2.75) is 22.8 Å². The number of anilines is 1. The Morgan fingerprint density at radius 3 is 2.34 bits per heavy atom. The molecule has 0 spiro atoms. The largest absolute Gasteiger partial charge is 0.506 e. The maximum Gasteiger partial charge on any atom is 0.206 e. The molecule has 0 heterocycles. The Balaban J connectivity index is 1.91. The van der Waals surface area contributed by atoms with Gasteiger partial charge in [0.1, 0.15) is 12.0 Å². The van der Waals surface area contributed by atoms with Crippen LogP contribution in [0.15, 0.2) is 70.5 Å². The van der Waals surface area contributed by atoms with Crippen molar-refractivity contribution < 1.29 is 18.3 Å². The standard InChI is InChI=1S/C21H17Cl2NO4S/c22-16-5-7-18(8-6-16)29(27,28)20-4-2-1-3-15(20)13-24-17-11-14(9-10-25)21(26)19(23)12-17/h1-8,10-12,24,26H,9,13H2. The molecule has 5 nitrogen and oxygen atoms in total. The average Bonchev–Trinajstić information content (AvgIpc) is 2.70. The van der Waals surface area contributed by atoms with Gasteiger partial charge in [-0.1, -0.05) is 41.4 Å². The fraction of sp³-hybridized carbons (Fsp3) is 0.0952. The number of carbonyl (C=O) groups excluding carboxylic acids is 1. The van der Waals surface area contributed by atoms with Gasteiger partial charge in [-0.25, -0.2) is 8.42 Å². The van der Waals surface area contributed by atoms with E-state index in [0.717, 1.165) is 0 Å². The molecule has 3 aromatic carbocycles. The van der Waals surface area contributed by atoms with E-state index in [1.165, 1.54) is 30.3 Å². The van der Waals surface area contributed by atoms with Crippen LogP contribution in [0.1, 0.15) is 11.1 Å². The van der Waals surface area contributed by atoms with Gasteiger partial charge in [0.15, 0.2) is 0 Å². The lowest BCUT2D eigenvalue weighted by Crippen LogP contribution is -2.09. The molecule has 2 N–H and O–H groups in total. The first kappa shape index (κ1) is 21.2. The van der Waals surface area contributed by atoms with Crippen LogP contribution >= 0.6 is 23.2 Å². The van der Waals surface area contributed by atoms with Gasteiger partial charge < -0.3 is 15.2 Å². The highest BCUT2D eigenvalue weighted by atomic mass is 35.5. The SMILES string of the molecule is O=CCc1cc(NCc2ccccc2S(=O)(=O)c2ccc(Cl)cc2)cc(Cl)c1O. The third-order valence-electron chi connectivity index (χ3n) is 4.31. The van der Waals surface area contributed by atoms with Crippen LogP contribution in [0.25, 0.3) is 0 Å². The molecule has 0 aliphatic heterocycles. The summed E-state index contributed by atoms with van der Waals surface area (Å²) in [5, 5.41) is 13.6. The number of phenols is 1. The molecule has 3 rings (SSSR count). The number of rotatable bonds is 7. The number of halogens is 2. The van der Waals surface area contributed by atoms with E-state index in [1.807, 2.05) is 0 Å². The van der Waals surface area contributed by atoms with E-state index < -0.39 is 9.84 Å². The molecule has 29 heavy (non-hydrogen) atoms. The van der Waals surface area contributed by atoms with Gasteiger partial charge in [-0.15, -0.1) is 0 Å². The Morgan fingerprint density at radius 2 is 1.66 bits per heavy atom. The predicted octanol–water partition coefficient (Wildman–Crippen LogP) is 4.89. The number of aromatic hydroxyl groups is 1. The first-order valence-electron chi connectivity index (χ1n) is 8.60. The van der Waals surface area contributed by atoms with Gasteiger partial charge >= 0.3 is 0 Å². The van der Waals surface area contributed by atoms with Crippen LogP contribution < -0.4 is 5.32 Å². The maximum atomic E-state index is 13.1. The van der Waals surface area contributed by atoms with Gasteiger partial charge in [-0.05, 0) is 48.0 Å². The van der Waals surface area contributed by atoms with Gasteiger partial charge in [0, 0.05) is 29.2 Å². The number of nitrogens with one attached hydrogen (secondary N) is 1. The maximum absolute atomic E-state index is 13.1. The van der Waals surface area contributed by atoms with E-state index in [2.05, 4.69) is 5.32 Å². The summed E-state index contributed by atoms with van der Waals surface area (Å²) < 4.78 is 26.1. The molecule has 0 atom stereocenters. The number of carbonyl (C=O) groups is 1. The third-order valence-corrected chi connectivity index (χ3v) is 6.72. The number of sulfone groups is 1. The summed E-state index contributed by atoms with van der Waals surface area (Å²) >= 11 is 11.9. The molecule has 0 aromatic heterocycles. The molecule has 0 radical (unpaired) electrons. The minimum absolute atomic E-state index is 0.0165. The molecule has 0 bridgehead atoms. The summed E-state index contributed by atoms with van der Waals surface area (Å²) in [5.41, 5.74) is 1.50. The van der Waals surface area contributed by atoms with Gasteiger partial charge in [0.05, 0.1) is 14.8 Å². The quantitative estimate of drug-likeness (QED) is 0.396. The lowest BCUT2D eigenvalue weighted by atomic mass is 10.1. The number of hydrogen-bond acceptors (Lipinski definition) is 5. The molecule has 8 heteroatoms. The Kier molecular flexibility index (Phi) is 6.47. The summed E-state index contributed by atoms with van der Waals surface area (Å²) in [6, 6.07) is 15.8. The van der Waals surface area contributed by atoms with Gasteiger partial charge in [-0.3, -0.25) is 0 Å². The highest BCUT2D eigenvalue weighted by Crippen LogP contribution is 2.32. The van der Waals surface area contributed by atoms with E-state index >= 15 is 0 Å². The molecule has 0 amide bonds. The first-order chi connectivity index (χ1) is 13.8. The molecule has 0 saturated heterocycles. The smallest absolute Gasteiger partial charge is 0.206 e. The zero-order chi connectivity index (χ0) is 21.0. The lowest BCUT2D eigenvalue weighted by Gasteiger charge is -2.14. The third kappa shape index (κ3) is 4.72. The molecule has 0 fully saturated rings. The summed E-state index contributed by atoms with van der Waals surface area (Å²) in [4.78, 5) is 11.1. The monoisotopic (exact) mass is 449 g/mol. The van der Waals surface area contributed by atoms with Crippen LogP contribution in [0.3, 0.4) is 0 Å². The molecule has 0 aliphatic rings. The zero-order valence-electron chi connectivity index (χ0n) is 15.1. The van der Waals surface area contributed by atoms with Crippen LogP contribution in [-0.4, -0.2) is 19.8 Å². The molecule has 150 valence electrons. The number of hydrogen-bond donors (Lipinski definition) is 2. The van der Waals surface area contributed by atoms with Crippen LogP contribution in [0.5, 0.6) is 5.75 Å². The minimum Gasteiger partial charge on any atom is -0.506 e. The summed E-state index contributed by atoms with van der Waals surface area (Å²) in [5.74, 6) is -0.143. The number of benzene rings is 3. The highest BCUT2D eigenvalue weighted by molar-refractivity contribution is 7.91. The van der Waals surface area contributed by atoms with Gasteiger partial charge in [-0.2, -0.15) is 0 Å². The van der Waals surface area contributed by atoms with E-state index in [0.29, 0.717) is 28.1 Å². The Hall–Kier alpha value is -2.54. The van der Waals surface area contributed by atoms with Crippen molar-refractivity contribution in [3.05, 3.63) is 81.8 Å². The second-order valence-corrected chi connectivity index (χ2v) is 9.02. The second kappa shape index (κ2) is 8.86. The zero-order valence-corrected chi connectivity index (χ0v) is 17.4. The molecule has 3 aromatic rings. The number of phenolic OH excluding ortho intramolecular Hbond substituents is 1. The van der Waals surface area contributed by atoms with E-state index in [4.69, 9.17) is 23.2 Å². The van der Waals surface area contributed by atoms with E-state index in [9.17, 15) is 18.3 Å². The van der Waals surface area contributed by atoms with Crippen molar-refractivity contribution in [1.82, 2.24) is 0 Å². The first-order valence-corrected chi connectivity index (χ1v) is 10.8. The van der Waals surface area contributed by atoms with E-state index in [-0.39, 0.29) is 33.5 Å². The van der Waals surface area contributed by atoms with Crippen LogP contribution in [0.4, 0.5) is 5.69 Å². The van der Waals surface area contributed by atoms with Crippen molar-refractivity contribution >= 4 is 45.0 Å². The van der Waals surface area contributed by atoms with Gasteiger partial charge in [0.2, 0.25) is 9.84 Å². The van der Waals surface area contributed by atoms with Crippen molar-refractivity contribution in [2.75, 3.05) is 5.32 Å². The Bertz CT molecular complexity index is 1150. The molecule has 0 unspecified atom stereocenters.